The first-order valence-electron chi connectivity index (χ1n) is 9.40. The van der Waals surface area contributed by atoms with Crippen molar-refractivity contribution < 1.29 is 19.6 Å². The first kappa shape index (κ1) is 17.6. The van der Waals surface area contributed by atoms with Crippen LogP contribution in [0, 0.1) is 6.92 Å². The van der Waals surface area contributed by atoms with Crippen molar-refractivity contribution in [3.63, 3.8) is 0 Å². The number of fused-ring (bicyclic) bond motifs is 2. The van der Waals surface area contributed by atoms with Gasteiger partial charge in [-0.2, -0.15) is 5.10 Å². The lowest BCUT2D eigenvalue weighted by molar-refractivity contribution is -0.714. The number of alkyl halides is 1. The van der Waals surface area contributed by atoms with Crippen molar-refractivity contribution in [1.29, 1.82) is 0 Å². The Morgan fingerprint density at radius 3 is 2.89 bits per heavy atom. The summed E-state index contributed by atoms with van der Waals surface area (Å²) in [5.74, 6) is 0.110. The number of hydrogen-bond acceptors (Lipinski definition) is 6. The highest BCUT2D eigenvalue weighted by Gasteiger charge is 2.45. The number of aromatic nitrogens is 4. The van der Waals surface area contributed by atoms with Crippen LogP contribution < -0.4 is 10.1 Å². The number of nitrogens with two attached hydrogens (primary N) is 1. The van der Waals surface area contributed by atoms with Crippen molar-refractivity contribution in [3.8, 4) is 27.2 Å². The molecule has 0 spiro atoms. The Kier molecular flexibility index (Phi) is 4.28. The number of aromatic hydroxyl groups is 1. The predicted molar refractivity (Wildman–Crippen MR) is 102 cm³/mol. The van der Waals surface area contributed by atoms with Crippen LogP contribution in [0.1, 0.15) is 25.0 Å². The number of aryl methyl sites for hydroxylation is 1. The van der Waals surface area contributed by atoms with Crippen molar-refractivity contribution >= 4 is 11.3 Å². The third-order valence-electron chi connectivity index (χ3n) is 5.49. The first-order chi connectivity index (χ1) is 13.5. The summed E-state index contributed by atoms with van der Waals surface area (Å²) in [6.07, 6.45) is 3.21. The molecule has 4 atom stereocenters. The van der Waals surface area contributed by atoms with E-state index in [1.54, 1.807) is 16.8 Å². The molecule has 2 aliphatic heterocycles. The maximum atomic E-state index is 13.9. The first-order valence-corrected chi connectivity index (χ1v) is 10.2. The van der Waals surface area contributed by atoms with E-state index in [9.17, 15) is 9.50 Å². The highest BCUT2D eigenvalue weighted by Crippen LogP contribution is 2.36. The summed E-state index contributed by atoms with van der Waals surface area (Å²) in [6.45, 7) is 1.91. The fraction of sp³-hybridized carbons (Fsp3) is 0.421. The van der Waals surface area contributed by atoms with Gasteiger partial charge in [0.15, 0.2) is 11.2 Å². The monoisotopic (exact) mass is 402 g/mol. The smallest absolute Gasteiger partial charge is 0.294 e. The van der Waals surface area contributed by atoms with E-state index in [0.717, 1.165) is 17.8 Å². The molecule has 2 aliphatic rings. The Morgan fingerprint density at radius 1 is 1.25 bits per heavy atom. The van der Waals surface area contributed by atoms with Crippen LogP contribution in [-0.4, -0.2) is 49.4 Å². The summed E-state index contributed by atoms with van der Waals surface area (Å²) in [5, 5.41) is 26.3. The molecule has 4 heterocycles. The van der Waals surface area contributed by atoms with Gasteiger partial charge in [0.05, 0.1) is 23.0 Å². The molecule has 0 aliphatic carbocycles. The molecule has 28 heavy (non-hydrogen) atoms. The number of phenolic OH excluding ortho intramolecular Hbond substituents is 1. The molecule has 146 valence electrons. The number of hydrogen-bond donors (Lipinski definition) is 2. The van der Waals surface area contributed by atoms with Gasteiger partial charge in [-0.3, -0.25) is 0 Å². The van der Waals surface area contributed by atoms with Gasteiger partial charge in [0.1, 0.15) is 17.9 Å². The van der Waals surface area contributed by atoms with E-state index in [1.165, 1.54) is 11.3 Å². The summed E-state index contributed by atoms with van der Waals surface area (Å²) >= 11 is 1.29. The molecule has 0 amide bonds. The lowest BCUT2D eigenvalue weighted by atomic mass is 10.0. The standard InChI is InChI=1S/C19H20FN5O2S/c1-10-4-5-25(24-10)12-2-3-14(17(26)8-12)18-22-23-19(28-18)27-13-6-11-7-15(20)16(9-13)21-11/h2-5,8,11,13,15-16,21,26H,6-7,9H2,1H3/p+1. The highest BCUT2D eigenvalue weighted by molar-refractivity contribution is 7.16. The molecule has 5 rings (SSSR count). The van der Waals surface area contributed by atoms with Gasteiger partial charge in [0.2, 0.25) is 0 Å². The zero-order chi connectivity index (χ0) is 19.3. The molecule has 2 saturated heterocycles. The maximum Gasteiger partial charge on any atom is 0.294 e. The number of phenols is 1. The molecule has 3 N–H and O–H groups in total. The predicted octanol–water partition coefficient (Wildman–Crippen LogP) is 1.99. The Bertz CT molecular complexity index is 1000. The lowest BCUT2D eigenvalue weighted by Gasteiger charge is -2.25. The molecule has 1 aromatic carbocycles. The van der Waals surface area contributed by atoms with Crippen molar-refractivity contribution in [2.24, 2.45) is 0 Å². The van der Waals surface area contributed by atoms with E-state index in [2.05, 4.69) is 20.6 Å². The number of ether oxygens (including phenoxy) is 1. The minimum atomic E-state index is -0.738. The third kappa shape index (κ3) is 3.24. The van der Waals surface area contributed by atoms with Gasteiger partial charge in [0, 0.05) is 31.5 Å². The van der Waals surface area contributed by atoms with Crippen molar-refractivity contribution in [1.82, 2.24) is 20.0 Å². The van der Waals surface area contributed by atoms with E-state index >= 15 is 0 Å². The minimum Gasteiger partial charge on any atom is -0.507 e. The lowest BCUT2D eigenvalue weighted by Crippen LogP contribution is -2.94. The fourth-order valence-electron chi connectivity index (χ4n) is 4.16. The van der Waals surface area contributed by atoms with Crippen LogP contribution >= 0.6 is 11.3 Å². The quantitative estimate of drug-likeness (QED) is 0.697. The molecule has 0 saturated carbocycles. The van der Waals surface area contributed by atoms with Gasteiger partial charge < -0.3 is 15.2 Å². The van der Waals surface area contributed by atoms with Crippen molar-refractivity contribution in [3.05, 3.63) is 36.2 Å². The summed E-state index contributed by atoms with van der Waals surface area (Å²) in [6, 6.07) is 7.53. The Balaban J connectivity index is 1.32. The molecular weight excluding hydrogens is 381 g/mol. The van der Waals surface area contributed by atoms with Gasteiger partial charge in [-0.1, -0.05) is 16.4 Å². The average molecular weight is 402 g/mol. The number of piperidine rings is 1. The molecule has 2 fully saturated rings. The fourth-order valence-corrected chi connectivity index (χ4v) is 4.95. The Hall–Kier alpha value is -2.52. The van der Waals surface area contributed by atoms with Gasteiger partial charge in [-0.15, -0.1) is 5.10 Å². The zero-order valence-electron chi connectivity index (χ0n) is 15.3. The van der Waals surface area contributed by atoms with Crippen LogP contribution in [0.3, 0.4) is 0 Å². The molecule has 3 aromatic rings. The number of nitrogens with zero attached hydrogens (tertiary/aromatic N) is 4. The minimum absolute atomic E-state index is 0.00124. The number of rotatable bonds is 4. The van der Waals surface area contributed by atoms with Crippen LogP contribution in [0.2, 0.25) is 0 Å². The van der Waals surface area contributed by atoms with Crippen LogP contribution in [0.15, 0.2) is 30.5 Å². The van der Waals surface area contributed by atoms with Crippen LogP contribution in [0.5, 0.6) is 10.9 Å². The van der Waals surface area contributed by atoms with Crippen molar-refractivity contribution in [2.45, 2.75) is 50.5 Å². The SMILES string of the molecule is Cc1ccn(-c2ccc(-c3nnc(OC4CC5CC(F)C(C4)[NH2+]5)s3)c(O)c2)n1. The van der Waals surface area contributed by atoms with Crippen molar-refractivity contribution in [2.75, 3.05) is 0 Å². The average Bonchev–Trinajstić information content (AvgIpc) is 3.36. The summed E-state index contributed by atoms with van der Waals surface area (Å²) in [5.41, 5.74) is 2.27. The van der Waals surface area contributed by atoms with Gasteiger partial charge in [-0.25, -0.2) is 9.07 Å². The molecule has 2 aromatic heterocycles. The maximum absolute atomic E-state index is 13.9. The Morgan fingerprint density at radius 2 is 2.14 bits per heavy atom. The van der Waals surface area contributed by atoms with E-state index in [1.807, 2.05) is 25.3 Å². The summed E-state index contributed by atoms with van der Waals surface area (Å²) in [7, 11) is 0. The normalized spacial score (nSPS) is 26.5. The number of halogens is 1. The second-order valence-corrected chi connectivity index (χ2v) is 8.50. The summed E-state index contributed by atoms with van der Waals surface area (Å²) in [4.78, 5) is 0. The van der Waals surface area contributed by atoms with Gasteiger partial charge in [-0.05, 0) is 25.1 Å². The molecule has 9 heteroatoms. The second kappa shape index (κ2) is 6.82. The Labute approximate surface area is 165 Å². The van der Waals surface area contributed by atoms with Gasteiger partial charge >= 0.3 is 0 Å². The van der Waals surface area contributed by atoms with Crippen LogP contribution in [0.4, 0.5) is 4.39 Å². The van der Waals surface area contributed by atoms with E-state index < -0.39 is 6.17 Å². The third-order valence-corrected chi connectivity index (χ3v) is 6.33. The zero-order valence-corrected chi connectivity index (χ0v) is 16.1. The molecule has 7 nitrogen and oxygen atoms in total. The largest absolute Gasteiger partial charge is 0.507 e. The topological polar surface area (TPSA) is 89.7 Å². The van der Waals surface area contributed by atoms with E-state index in [0.29, 0.717) is 34.6 Å². The molecule has 4 unspecified atom stereocenters. The van der Waals surface area contributed by atoms with Crippen LogP contribution in [-0.2, 0) is 0 Å². The van der Waals surface area contributed by atoms with E-state index in [-0.39, 0.29) is 17.9 Å². The molecule has 2 bridgehead atoms. The van der Waals surface area contributed by atoms with Gasteiger partial charge in [0.25, 0.3) is 5.19 Å². The number of benzene rings is 1. The second-order valence-electron chi connectivity index (χ2n) is 7.56. The van der Waals surface area contributed by atoms with E-state index in [4.69, 9.17) is 4.74 Å². The number of quaternary nitrogens is 1. The molecule has 0 radical (unpaired) electrons. The highest BCUT2D eigenvalue weighted by atomic mass is 32.1. The molecular formula is C19H21FN5O2S+. The van der Waals surface area contributed by atoms with Crippen LogP contribution in [0.25, 0.3) is 16.3 Å². The summed E-state index contributed by atoms with van der Waals surface area (Å²) < 4.78 is 21.6.